The van der Waals surface area contributed by atoms with Gasteiger partial charge in [-0.3, -0.25) is 0 Å². The SMILES string of the molecule is C=CC(C)(C)C(C)[S]. The quantitative estimate of drug-likeness (QED) is 0.503. The van der Waals surface area contributed by atoms with Crippen molar-refractivity contribution in [1.82, 2.24) is 0 Å². The highest BCUT2D eigenvalue weighted by Crippen LogP contribution is 2.24. The molecular weight excluding hydrogens is 116 g/mol. The van der Waals surface area contributed by atoms with Gasteiger partial charge in [-0.15, -0.1) is 6.58 Å². The first-order valence-corrected chi connectivity index (χ1v) is 3.27. The second-order valence-corrected chi connectivity index (χ2v) is 3.37. The van der Waals surface area contributed by atoms with Gasteiger partial charge >= 0.3 is 0 Å². The van der Waals surface area contributed by atoms with Crippen LogP contribution in [0.25, 0.3) is 0 Å². The van der Waals surface area contributed by atoms with Crippen molar-refractivity contribution >= 4 is 12.6 Å². The molecule has 0 aromatic heterocycles. The van der Waals surface area contributed by atoms with Gasteiger partial charge in [0.15, 0.2) is 0 Å². The summed E-state index contributed by atoms with van der Waals surface area (Å²) in [5, 5.41) is 0.278. The van der Waals surface area contributed by atoms with E-state index in [2.05, 4.69) is 20.4 Å². The summed E-state index contributed by atoms with van der Waals surface area (Å²) < 4.78 is 0. The second kappa shape index (κ2) is 2.58. The lowest BCUT2D eigenvalue weighted by molar-refractivity contribution is 0.480. The molecule has 0 saturated heterocycles. The van der Waals surface area contributed by atoms with Crippen LogP contribution in [0, 0.1) is 5.41 Å². The van der Waals surface area contributed by atoms with Crippen LogP contribution in [0.2, 0.25) is 0 Å². The van der Waals surface area contributed by atoms with Gasteiger partial charge in [-0.2, -0.15) is 0 Å². The molecule has 1 unspecified atom stereocenters. The molecule has 0 spiro atoms. The lowest BCUT2D eigenvalue weighted by atomic mass is 9.90. The molecule has 0 aliphatic heterocycles. The van der Waals surface area contributed by atoms with Crippen molar-refractivity contribution in [3.63, 3.8) is 0 Å². The maximum Gasteiger partial charge on any atom is 0.0208 e. The first-order chi connectivity index (χ1) is 3.50. The Labute approximate surface area is 57.4 Å². The molecule has 1 heteroatoms. The molecule has 8 heavy (non-hydrogen) atoms. The van der Waals surface area contributed by atoms with E-state index in [1.807, 2.05) is 13.0 Å². The van der Waals surface area contributed by atoms with Crippen LogP contribution in [0.1, 0.15) is 20.8 Å². The van der Waals surface area contributed by atoms with Gasteiger partial charge in [0.25, 0.3) is 0 Å². The molecule has 0 aromatic rings. The van der Waals surface area contributed by atoms with Gasteiger partial charge < -0.3 is 0 Å². The highest BCUT2D eigenvalue weighted by atomic mass is 32.1. The molecule has 0 heterocycles. The fraction of sp³-hybridized carbons (Fsp3) is 0.714. The zero-order valence-corrected chi connectivity index (χ0v) is 6.59. The topological polar surface area (TPSA) is 0 Å². The molecule has 1 atom stereocenters. The minimum atomic E-state index is 0.120. The Balaban J connectivity index is 3.90. The summed E-state index contributed by atoms with van der Waals surface area (Å²) in [6, 6.07) is 0. The van der Waals surface area contributed by atoms with Crippen molar-refractivity contribution < 1.29 is 0 Å². The number of rotatable bonds is 2. The number of hydrogen-bond acceptors (Lipinski definition) is 0. The van der Waals surface area contributed by atoms with Crippen LogP contribution in [0.3, 0.4) is 0 Å². The Hall–Kier alpha value is 0.0900. The predicted octanol–water partition coefficient (Wildman–Crippen LogP) is 2.78. The van der Waals surface area contributed by atoms with Crippen molar-refractivity contribution in [2.45, 2.75) is 26.0 Å². The van der Waals surface area contributed by atoms with E-state index in [0.717, 1.165) is 0 Å². The summed E-state index contributed by atoms with van der Waals surface area (Å²) >= 11 is 5.04. The number of hydrogen-bond donors (Lipinski definition) is 0. The summed E-state index contributed by atoms with van der Waals surface area (Å²) in [5.74, 6) is 0. The summed E-state index contributed by atoms with van der Waals surface area (Å²) in [6.07, 6.45) is 1.91. The Kier molecular flexibility index (Phi) is 2.61. The Morgan fingerprint density at radius 3 is 2.00 bits per heavy atom. The zero-order valence-electron chi connectivity index (χ0n) is 5.77. The van der Waals surface area contributed by atoms with Gasteiger partial charge in [-0.05, 0) is 5.41 Å². The van der Waals surface area contributed by atoms with Gasteiger partial charge in [-0.25, -0.2) is 0 Å². The predicted molar refractivity (Wildman–Crippen MR) is 41.0 cm³/mol. The second-order valence-electron chi connectivity index (χ2n) is 2.67. The van der Waals surface area contributed by atoms with Crippen molar-refractivity contribution in [3.8, 4) is 0 Å². The lowest BCUT2D eigenvalue weighted by Crippen LogP contribution is -2.18. The van der Waals surface area contributed by atoms with Crippen LogP contribution in [-0.2, 0) is 0 Å². The fourth-order valence-corrected chi connectivity index (χ4v) is 0.262. The lowest BCUT2D eigenvalue weighted by Gasteiger charge is -2.22. The minimum Gasteiger partial charge on any atom is -0.103 e. The fourth-order valence-electron chi connectivity index (χ4n) is 0.166. The van der Waals surface area contributed by atoms with E-state index < -0.39 is 0 Å². The normalized spacial score (nSPS) is 15.5. The molecule has 0 rings (SSSR count). The van der Waals surface area contributed by atoms with Gasteiger partial charge in [0.1, 0.15) is 0 Å². The van der Waals surface area contributed by atoms with Gasteiger partial charge in [0.05, 0.1) is 0 Å². The third kappa shape index (κ3) is 1.91. The summed E-state index contributed by atoms with van der Waals surface area (Å²) in [4.78, 5) is 0. The monoisotopic (exact) mass is 129 g/mol. The summed E-state index contributed by atoms with van der Waals surface area (Å²) in [6.45, 7) is 9.90. The van der Waals surface area contributed by atoms with Crippen molar-refractivity contribution in [2.75, 3.05) is 0 Å². The molecular formula is C7H13S. The number of allylic oxidation sites excluding steroid dienone is 1. The van der Waals surface area contributed by atoms with Crippen molar-refractivity contribution in [3.05, 3.63) is 12.7 Å². The third-order valence-corrected chi connectivity index (χ3v) is 2.18. The van der Waals surface area contributed by atoms with Crippen molar-refractivity contribution in [1.29, 1.82) is 0 Å². The van der Waals surface area contributed by atoms with Crippen LogP contribution < -0.4 is 0 Å². The van der Waals surface area contributed by atoms with Gasteiger partial charge in [0.2, 0.25) is 0 Å². The Morgan fingerprint density at radius 1 is 1.62 bits per heavy atom. The van der Waals surface area contributed by atoms with Gasteiger partial charge in [0, 0.05) is 5.25 Å². The Morgan fingerprint density at radius 2 is 2.00 bits per heavy atom. The first-order valence-electron chi connectivity index (χ1n) is 2.80. The molecule has 0 fully saturated rings. The van der Waals surface area contributed by atoms with Crippen LogP contribution in [0.4, 0.5) is 0 Å². The van der Waals surface area contributed by atoms with Gasteiger partial charge in [-0.1, -0.05) is 39.5 Å². The van der Waals surface area contributed by atoms with E-state index in [-0.39, 0.29) is 10.7 Å². The van der Waals surface area contributed by atoms with E-state index in [4.69, 9.17) is 12.6 Å². The average Bonchev–Trinajstić information content (AvgIpc) is 1.67. The maximum atomic E-state index is 5.04. The average molecular weight is 129 g/mol. The molecule has 0 saturated carbocycles. The van der Waals surface area contributed by atoms with E-state index in [0.29, 0.717) is 0 Å². The van der Waals surface area contributed by atoms with E-state index in [1.54, 1.807) is 0 Å². The standard InChI is InChI=1S/C7H13S/c1-5-7(3,4)6(2)8/h5-6H,1H2,2-4H3. The van der Waals surface area contributed by atoms with E-state index in [9.17, 15) is 0 Å². The van der Waals surface area contributed by atoms with E-state index in [1.165, 1.54) is 0 Å². The van der Waals surface area contributed by atoms with Crippen LogP contribution >= 0.6 is 12.6 Å². The molecule has 0 amide bonds. The molecule has 0 bridgehead atoms. The van der Waals surface area contributed by atoms with Crippen LogP contribution in [0.15, 0.2) is 12.7 Å². The zero-order chi connectivity index (χ0) is 6.78. The molecule has 0 aromatic carbocycles. The molecule has 0 nitrogen and oxygen atoms in total. The smallest absolute Gasteiger partial charge is 0.0208 e. The highest BCUT2D eigenvalue weighted by Gasteiger charge is 2.18. The van der Waals surface area contributed by atoms with Crippen molar-refractivity contribution in [2.24, 2.45) is 5.41 Å². The molecule has 0 N–H and O–H groups in total. The molecule has 47 valence electrons. The highest BCUT2D eigenvalue weighted by molar-refractivity contribution is 7.81. The molecule has 0 aliphatic carbocycles. The molecule has 0 aliphatic rings. The summed E-state index contributed by atoms with van der Waals surface area (Å²) in [7, 11) is 0. The van der Waals surface area contributed by atoms with E-state index >= 15 is 0 Å². The van der Waals surface area contributed by atoms with Crippen LogP contribution in [-0.4, -0.2) is 5.25 Å². The first kappa shape index (κ1) is 8.09. The Bertz CT molecular complexity index is 82.4. The minimum absolute atomic E-state index is 0.120. The largest absolute Gasteiger partial charge is 0.103 e. The summed E-state index contributed by atoms with van der Waals surface area (Å²) in [5.41, 5.74) is 0.120. The third-order valence-electron chi connectivity index (χ3n) is 1.57. The maximum absolute atomic E-state index is 5.04. The van der Waals surface area contributed by atoms with Crippen LogP contribution in [0.5, 0.6) is 0 Å². The molecule has 1 radical (unpaired) electrons.